The highest BCUT2D eigenvalue weighted by molar-refractivity contribution is 7.22. The minimum Gasteiger partial charge on any atom is -0.302 e. The zero-order chi connectivity index (χ0) is 24.9. The van der Waals surface area contributed by atoms with Crippen molar-refractivity contribution in [2.24, 2.45) is 0 Å². The van der Waals surface area contributed by atoms with Crippen molar-refractivity contribution in [2.75, 3.05) is 31.1 Å². The van der Waals surface area contributed by atoms with E-state index >= 15 is 0 Å². The van der Waals surface area contributed by atoms with Crippen LogP contribution >= 0.6 is 23.7 Å². The van der Waals surface area contributed by atoms with Crippen LogP contribution in [0.2, 0.25) is 0 Å². The second kappa shape index (κ2) is 12.2. The summed E-state index contributed by atoms with van der Waals surface area (Å²) in [5.74, 6) is -1.91. The number of nitrogens with zero attached hydrogens (tertiary/aromatic N) is 3. The van der Waals surface area contributed by atoms with Crippen LogP contribution < -0.4 is 4.90 Å². The van der Waals surface area contributed by atoms with Crippen LogP contribution in [0.3, 0.4) is 0 Å². The number of fused-ring (bicyclic) bond motifs is 1. The van der Waals surface area contributed by atoms with E-state index in [4.69, 9.17) is 0 Å². The van der Waals surface area contributed by atoms with Gasteiger partial charge in [0.2, 0.25) is 0 Å². The number of carbonyl (C=O) groups excluding carboxylic acids is 2. The first kappa shape index (κ1) is 27.4. The maximum absolute atomic E-state index is 14.3. The summed E-state index contributed by atoms with van der Waals surface area (Å²) in [4.78, 5) is 34.2. The first-order valence-corrected chi connectivity index (χ1v) is 12.2. The van der Waals surface area contributed by atoms with Crippen LogP contribution in [0.5, 0.6) is 0 Å². The van der Waals surface area contributed by atoms with Gasteiger partial charge in [0, 0.05) is 35.8 Å². The van der Waals surface area contributed by atoms with Crippen LogP contribution in [-0.2, 0) is 0 Å². The van der Waals surface area contributed by atoms with Gasteiger partial charge in [0.05, 0.1) is 4.70 Å². The van der Waals surface area contributed by atoms with Crippen molar-refractivity contribution in [1.29, 1.82) is 0 Å². The molecule has 0 bridgehead atoms. The Morgan fingerprint density at radius 2 is 1.47 bits per heavy atom. The zero-order valence-electron chi connectivity index (χ0n) is 19.9. The van der Waals surface area contributed by atoms with Gasteiger partial charge in [-0.15, -0.1) is 12.4 Å². The highest BCUT2D eigenvalue weighted by Crippen LogP contribution is 2.32. The van der Waals surface area contributed by atoms with E-state index in [0.717, 1.165) is 30.5 Å². The predicted molar refractivity (Wildman–Crippen MR) is 143 cm³/mol. The Bertz CT molecular complexity index is 1340. The number of aromatic nitrogens is 1. The number of halogens is 3. The molecule has 1 amide bonds. The summed E-state index contributed by atoms with van der Waals surface area (Å²) in [5.41, 5.74) is 1.45. The summed E-state index contributed by atoms with van der Waals surface area (Å²) >= 11 is 1.07. The number of thiazole rings is 1. The van der Waals surface area contributed by atoms with Gasteiger partial charge in [-0.25, -0.2) is 13.8 Å². The maximum Gasteiger partial charge on any atom is 0.260 e. The quantitative estimate of drug-likeness (QED) is 0.242. The SMILES string of the molecule is CCN(CC)CCN(C(=O)c1ccc(C(=O)c2ccccc2)cc1)c1nc2c(F)cc(F)cc2s1.Cl. The van der Waals surface area contributed by atoms with Crippen molar-refractivity contribution in [3.05, 3.63) is 95.1 Å². The van der Waals surface area contributed by atoms with Crippen LogP contribution in [0.1, 0.15) is 40.1 Å². The molecule has 9 heteroatoms. The number of carbonyl (C=O) groups is 2. The molecule has 0 atom stereocenters. The Labute approximate surface area is 218 Å². The first-order valence-electron chi connectivity index (χ1n) is 11.4. The normalized spacial score (nSPS) is 10.9. The molecule has 0 aliphatic carbocycles. The molecule has 1 aromatic heterocycles. The summed E-state index contributed by atoms with van der Waals surface area (Å²) in [5, 5.41) is 0.297. The van der Waals surface area contributed by atoms with E-state index in [1.807, 2.05) is 19.9 Å². The molecular formula is C27H26ClF2N3O2S. The highest BCUT2D eigenvalue weighted by Gasteiger charge is 2.23. The van der Waals surface area contributed by atoms with Crippen LogP contribution in [0.15, 0.2) is 66.7 Å². The molecule has 1 heterocycles. The summed E-state index contributed by atoms with van der Waals surface area (Å²) in [6.45, 7) is 6.62. The Kier molecular flexibility index (Phi) is 9.25. The lowest BCUT2D eigenvalue weighted by Crippen LogP contribution is -2.38. The molecule has 5 nitrogen and oxygen atoms in total. The van der Waals surface area contributed by atoms with Gasteiger partial charge >= 0.3 is 0 Å². The van der Waals surface area contributed by atoms with Gasteiger partial charge in [0.25, 0.3) is 5.91 Å². The summed E-state index contributed by atoms with van der Waals surface area (Å²) < 4.78 is 28.4. The Morgan fingerprint density at radius 3 is 2.11 bits per heavy atom. The number of rotatable bonds is 9. The number of likely N-dealkylation sites (N-methyl/N-ethyl adjacent to an activating group) is 1. The lowest BCUT2D eigenvalue weighted by molar-refractivity contribution is 0.0981. The third kappa shape index (κ3) is 5.95. The van der Waals surface area contributed by atoms with E-state index in [1.165, 1.54) is 11.0 Å². The van der Waals surface area contributed by atoms with Crippen molar-refractivity contribution in [3.8, 4) is 0 Å². The van der Waals surface area contributed by atoms with Crippen molar-refractivity contribution in [2.45, 2.75) is 13.8 Å². The fourth-order valence-electron chi connectivity index (χ4n) is 3.80. The Balaban J connectivity index is 0.00000361. The standard InChI is InChI=1S/C27H25F2N3O2S.ClH/c1-3-31(4-2)14-15-32(27-30-24-22(29)16-21(28)17-23(24)35-27)26(34)20-12-10-19(11-13-20)25(33)18-8-6-5-7-9-18;/h5-13,16-17H,3-4,14-15H2,1-2H3;1H. The fourth-order valence-corrected chi connectivity index (χ4v) is 4.83. The molecule has 0 aliphatic heterocycles. The van der Waals surface area contributed by atoms with E-state index < -0.39 is 11.6 Å². The summed E-state index contributed by atoms with van der Waals surface area (Å²) in [6.07, 6.45) is 0. The molecule has 0 saturated heterocycles. The molecule has 0 saturated carbocycles. The van der Waals surface area contributed by atoms with E-state index in [1.54, 1.807) is 48.5 Å². The van der Waals surface area contributed by atoms with Gasteiger partial charge in [0.1, 0.15) is 11.3 Å². The van der Waals surface area contributed by atoms with Gasteiger partial charge in [-0.3, -0.25) is 14.5 Å². The van der Waals surface area contributed by atoms with Crippen molar-refractivity contribution in [1.82, 2.24) is 9.88 Å². The largest absolute Gasteiger partial charge is 0.302 e. The fraction of sp³-hybridized carbons (Fsp3) is 0.222. The Morgan fingerprint density at radius 1 is 0.861 bits per heavy atom. The van der Waals surface area contributed by atoms with Gasteiger partial charge in [-0.1, -0.05) is 67.6 Å². The molecule has 0 aliphatic rings. The zero-order valence-corrected chi connectivity index (χ0v) is 21.5. The molecule has 36 heavy (non-hydrogen) atoms. The van der Waals surface area contributed by atoms with Crippen molar-refractivity contribution < 1.29 is 18.4 Å². The van der Waals surface area contributed by atoms with Gasteiger partial charge in [-0.05, 0) is 31.3 Å². The molecule has 0 N–H and O–H groups in total. The van der Waals surface area contributed by atoms with Crippen LogP contribution in [0, 0.1) is 11.6 Å². The number of ketones is 1. The maximum atomic E-state index is 14.3. The van der Waals surface area contributed by atoms with Crippen LogP contribution in [-0.4, -0.2) is 47.8 Å². The van der Waals surface area contributed by atoms with E-state index in [0.29, 0.717) is 39.6 Å². The average Bonchev–Trinajstić information content (AvgIpc) is 3.30. The lowest BCUT2D eigenvalue weighted by atomic mass is 10.0. The molecule has 0 unspecified atom stereocenters. The molecule has 4 rings (SSSR count). The van der Waals surface area contributed by atoms with Crippen molar-refractivity contribution in [3.63, 3.8) is 0 Å². The van der Waals surface area contributed by atoms with Crippen molar-refractivity contribution >= 4 is 50.8 Å². The third-order valence-corrected chi connectivity index (χ3v) is 6.87. The van der Waals surface area contributed by atoms with E-state index in [9.17, 15) is 18.4 Å². The molecule has 3 aromatic carbocycles. The minimum absolute atomic E-state index is 0. The number of hydrogen-bond acceptors (Lipinski definition) is 5. The third-order valence-electron chi connectivity index (χ3n) is 5.84. The summed E-state index contributed by atoms with van der Waals surface area (Å²) in [7, 11) is 0. The number of anilines is 1. The minimum atomic E-state index is -0.762. The number of amides is 1. The number of benzene rings is 3. The van der Waals surface area contributed by atoms with Gasteiger partial charge < -0.3 is 4.90 Å². The number of hydrogen-bond donors (Lipinski definition) is 0. The van der Waals surface area contributed by atoms with E-state index in [2.05, 4.69) is 9.88 Å². The smallest absolute Gasteiger partial charge is 0.260 e. The second-order valence-corrected chi connectivity index (χ2v) is 9.00. The van der Waals surface area contributed by atoms with Gasteiger partial charge in [0.15, 0.2) is 16.7 Å². The van der Waals surface area contributed by atoms with E-state index in [-0.39, 0.29) is 29.6 Å². The molecule has 4 aromatic rings. The Hall–Kier alpha value is -3.20. The highest BCUT2D eigenvalue weighted by atomic mass is 35.5. The molecular weight excluding hydrogens is 504 g/mol. The topological polar surface area (TPSA) is 53.5 Å². The molecule has 0 fully saturated rings. The van der Waals surface area contributed by atoms with Crippen LogP contribution in [0.4, 0.5) is 13.9 Å². The first-order chi connectivity index (χ1) is 16.9. The molecule has 188 valence electrons. The monoisotopic (exact) mass is 529 g/mol. The molecule has 0 radical (unpaired) electrons. The average molecular weight is 530 g/mol. The second-order valence-electron chi connectivity index (χ2n) is 7.99. The molecule has 0 spiro atoms. The lowest BCUT2D eigenvalue weighted by Gasteiger charge is -2.24. The van der Waals surface area contributed by atoms with Crippen LogP contribution in [0.25, 0.3) is 10.2 Å². The van der Waals surface area contributed by atoms with Gasteiger partial charge in [-0.2, -0.15) is 0 Å². The predicted octanol–water partition coefficient (Wildman–Crippen LogP) is 6.22. The summed E-state index contributed by atoms with van der Waals surface area (Å²) in [6, 6.07) is 17.4.